The molecule has 178 valence electrons. The number of aromatic nitrogens is 1. The van der Waals surface area contributed by atoms with Gasteiger partial charge in [-0.25, -0.2) is 9.69 Å². The van der Waals surface area contributed by atoms with Crippen molar-refractivity contribution in [1.82, 2.24) is 4.68 Å². The average molecular weight is 485 g/mol. The molecule has 0 spiro atoms. The van der Waals surface area contributed by atoms with Crippen LogP contribution in [0.15, 0.2) is 146 Å². The number of hydrogen-bond acceptors (Lipinski definition) is 1. The maximum absolute atomic E-state index is 2.41. The quantitative estimate of drug-likeness (QED) is 0.227. The molecule has 0 N–H and O–H groups in total. The Labute approximate surface area is 220 Å². The summed E-state index contributed by atoms with van der Waals surface area (Å²) in [4.78, 5) is 0. The molecule has 0 unspecified atom stereocenters. The van der Waals surface area contributed by atoms with E-state index in [1.807, 2.05) is 0 Å². The van der Waals surface area contributed by atoms with E-state index in [-0.39, 0.29) is 0 Å². The van der Waals surface area contributed by atoms with Gasteiger partial charge in [-0.2, -0.15) is 0 Å². The molecule has 8 rings (SSSR count). The van der Waals surface area contributed by atoms with Crippen molar-refractivity contribution in [3.63, 3.8) is 0 Å². The highest BCUT2D eigenvalue weighted by atomic mass is 15.6. The fourth-order valence-corrected chi connectivity index (χ4v) is 6.07. The highest BCUT2D eigenvalue weighted by Crippen LogP contribution is 2.41. The number of para-hydroxylation sites is 3. The van der Waals surface area contributed by atoms with Crippen LogP contribution in [0.25, 0.3) is 54.1 Å². The van der Waals surface area contributed by atoms with Crippen molar-refractivity contribution in [3.05, 3.63) is 146 Å². The van der Waals surface area contributed by atoms with Crippen LogP contribution in [0.2, 0.25) is 0 Å². The van der Waals surface area contributed by atoms with Crippen LogP contribution in [0.5, 0.6) is 0 Å². The Morgan fingerprint density at radius 2 is 0.816 bits per heavy atom. The SMILES string of the molecule is c1ccc(N(c2ccccc2)n2c3ccccc3c3ccc4c5ccc6ccccc6c5ccc4c32)cc1. The summed E-state index contributed by atoms with van der Waals surface area (Å²) in [5.41, 5.74) is 4.63. The molecule has 0 aliphatic rings. The molecule has 1 heterocycles. The van der Waals surface area contributed by atoms with Crippen LogP contribution < -0.4 is 5.01 Å². The van der Waals surface area contributed by atoms with E-state index in [9.17, 15) is 0 Å². The molecule has 2 nitrogen and oxygen atoms in total. The molecular formula is C36H24N2. The first-order valence-electron chi connectivity index (χ1n) is 13.1. The zero-order valence-corrected chi connectivity index (χ0v) is 20.8. The second-order valence-corrected chi connectivity index (χ2v) is 9.82. The number of rotatable bonds is 3. The zero-order valence-electron chi connectivity index (χ0n) is 20.8. The van der Waals surface area contributed by atoms with Crippen LogP contribution in [-0.4, -0.2) is 4.68 Å². The molecule has 0 radical (unpaired) electrons. The monoisotopic (exact) mass is 484 g/mol. The number of benzene rings is 7. The molecule has 1 aromatic heterocycles. The molecule has 0 aliphatic carbocycles. The first-order chi connectivity index (χ1) is 18.9. The Balaban J connectivity index is 1.55. The zero-order chi connectivity index (χ0) is 25.1. The third-order valence-corrected chi connectivity index (χ3v) is 7.73. The third-order valence-electron chi connectivity index (χ3n) is 7.73. The predicted octanol–water partition coefficient (Wildman–Crippen LogP) is 9.86. The molecule has 0 aliphatic heterocycles. The van der Waals surface area contributed by atoms with Gasteiger partial charge in [-0.05, 0) is 57.3 Å². The summed E-state index contributed by atoms with van der Waals surface area (Å²) in [6.07, 6.45) is 0. The van der Waals surface area contributed by atoms with Crippen molar-refractivity contribution < 1.29 is 0 Å². The van der Waals surface area contributed by atoms with Gasteiger partial charge < -0.3 is 0 Å². The number of fused-ring (bicyclic) bond motifs is 9. The normalized spacial score (nSPS) is 11.7. The summed E-state index contributed by atoms with van der Waals surface area (Å²) < 4.78 is 2.41. The van der Waals surface area contributed by atoms with E-state index in [2.05, 4.69) is 155 Å². The first-order valence-corrected chi connectivity index (χ1v) is 13.1. The molecule has 0 atom stereocenters. The standard InChI is InChI=1S/C36H24N2/c1-3-12-26(13-4-1)37(27-14-5-2-6-15-27)38-35-18-10-9-17-32(35)34-24-22-31-30-20-19-25-11-7-8-16-28(25)29(30)21-23-33(31)36(34)38/h1-24H. The van der Waals surface area contributed by atoms with E-state index in [1.54, 1.807) is 0 Å². The van der Waals surface area contributed by atoms with E-state index in [0.717, 1.165) is 11.4 Å². The molecule has 38 heavy (non-hydrogen) atoms. The van der Waals surface area contributed by atoms with Gasteiger partial charge in [0.25, 0.3) is 0 Å². The van der Waals surface area contributed by atoms with Gasteiger partial charge in [0, 0.05) is 16.2 Å². The molecule has 0 amide bonds. The molecule has 2 heteroatoms. The molecule has 0 fully saturated rings. The second kappa shape index (κ2) is 8.22. The van der Waals surface area contributed by atoms with Crippen molar-refractivity contribution in [2.75, 3.05) is 5.01 Å². The topological polar surface area (TPSA) is 8.17 Å². The van der Waals surface area contributed by atoms with Gasteiger partial charge in [-0.1, -0.05) is 115 Å². The van der Waals surface area contributed by atoms with Crippen LogP contribution in [0, 0.1) is 0 Å². The first kappa shape index (κ1) is 21.0. The lowest BCUT2D eigenvalue weighted by Crippen LogP contribution is -2.24. The summed E-state index contributed by atoms with van der Waals surface area (Å²) in [6.45, 7) is 0. The lowest BCUT2D eigenvalue weighted by molar-refractivity contribution is 0.889. The summed E-state index contributed by atoms with van der Waals surface area (Å²) in [6, 6.07) is 52.5. The van der Waals surface area contributed by atoms with Crippen LogP contribution in [0.3, 0.4) is 0 Å². The maximum atomic E-state index is 2.41. The Bertz CT molecular complexity index is 2080. The Hall–Kier alpha value is -5.08. The molecule has 0 bridgehead atoms. The van der Waals surface area contributed by atoms with E-state index >= 15 is 0 Å². The van der Waals surface area contributed by atoms with Crippen molar-refractivity contribution >= 4 is 65.5 Å². The van der Waals surface area contributed by atoms with Crippen LogP contribution in [-0.2, 0) is 0 Å². The Morgan fingerprint density at radius 3 is 1.53 bits per heavy atom. The van der Waals surface area contributed by atoms with Crippen LogP contribution in [0.4, 0.5) is 11.4 Å². The third kappa shape index (κ3) is 3.01. The van der Waals surface area contributed by atoms with E-state index in [4.69, 9.17) is 0 Å². The highest BCUT2D eigenvalue weighted by molar-refractivity contribution is 6.25. The second-order valence-electron chi connectivity index (χ2n) is 9.82. The van der Waals surface area contributed by atoms with Crippen molar-refractivity contribution in [3.8, 4) is 0 Å². The van der Waals surface area contributed by atoms with Crippen LogP contribution in [0.1, 0.15) is 0 Å². The van der Waals surface area contributed by atoms with Gasteiger partial charge in [0.1, 0.15) is 0 Å². The van der Waals surface area contributed by atoms with Gasteiger partial charge in [0.05, 0.1) is 22.4 Å². The summed E-state index contributed by atoms with van der Waals surface area (Å²) in [7, 11) is 0. The maximum Gasteiger partial charge on any atom is 0.0794 e. The summed E-state index contributed by atoms with van der Waals surface area (Å²) in [5.74, 6) is 0. The van der Waals surface area contributed by atoms with Crippen LogP contribution >= 0.6 is 0 Å². The summed E-state index contributed by atoms with van der Waals surface area (Å²) in [5, 5.41) is 12.5. The largest absolute Gasteiger partial charge is 0.249 e. The fraction of sp³-hybridized carbons (Fsp3) is 0. The van der Waals surface area contributed by atoms with Crippen molar-refractivity contribution in [2.45, 2.75) is 0 Å². The molecule has 0 saturated carbocycles. The smallest absolute Gasteiger partial charge is 0.0794 e. The molecule has 7 aromatic carbocycles. The molecule has 8 aromatic rings. The van der Waals surface area contributed by atoms with E-state index in [1.165, 1.54) is 54.1 Å². The predicted molar refractivity (Wildman–Crippen MR) is 162 cm³/mol. The minimum atomic E-state index is 1.12. The van der Waals surface area contributed by atoms with Crippen molar-refractivity contribution in [1.29, 1.82) is 0 Å². The van der Waals surface area contributed by atoms with Gasteiger partial charge >= 0.3 is 0 Å². The lowest BCUT2D eigenvalue weighted by Gasteiger charge is -2.28. The average Bonchev–Trinajstić information content (AvgIpc) is 3.32. The molecule has 0 saturated heterocycles. The molecular weight excluding hydrogens is 460 g/mol. The Morgan fingerprint density at radius 1 is 0.342 bits per heavy atom. The summed E-state index contributed by atoms with van der Waals surface area (Å²) >= 11 is 0. The number of anilines is 2. The highest BCUT2D eigenvalue weighted by Gasteiger charge is 2.21. The van der Waals surface area contributed by atoms with Gasteiger partial charge in [0.15, 0.2) is 0 Å². The van der Waals surface area contributed by atoms with Gasteiger partial charge in [0.2, 0.25) is 0 Å². The van der Waals surface area contributed by atoms with Crippen molar-refractivity contribution in [2.24, 2.45) is 0 Å². The number of hydrogen-bond donors (Lipinski definition) is 0. The van der Waals surface area contributed by atoms with E-state index in [0.29, 0.717) is 0 Å². The Kier molecular flexibility index (Phi) is 4.55. The van der Waals surface area contributed by atoms with Gasteiger partial charge in [-0.3, -0.25) is 0 Å². The lowest BCUT2D eigenvalue weighted by atomic mass is 9.96. The fourth-order valence-electron chi connectivity index (χ4n) is 6.07. The minimum absolute atomic E-state index is 1.12. The van der Waals surface area contributed by atoms with E-state index < -0.39 is 0 Å². The number of nitrogens with zero attached hydrogens (tertiary/aromatic N) is 2. The van der Waals surface area contributed by atoms with Gasteiger partial charge in [-0.15, -0.1) is 0 Å². The minimum Gasteiger partial charge on any atom is -0.249 e.